The maximum absolute atomic E-state index is 9.13. The third-order valence-electron chi connectivity index (χ3n) is 4.28. The first-order valence-corrected chi connectivity index (χ1v) is 9.20. The zero-order valence-electron chi connectivity index (χ0n) is 13.3. The molecule has 2 N–H and O–H groups in total. The van der Waals surface area contributed by atoms with E-state index in [2.05, 4.69) is 31.9 Å². The SMILES string of the molecule is OCCSc1nnc(-c2c[nH]c3ccccc23)n1C[C@@H]1CCCO1. The first kappa shape index (κ1) is 15.7. The summed E-state index contributed by atoms with van der Waals surface area (Å²) < 4.78 is 7.93. The first-order valence-electron chi connectivity index (χ1n) is 8.22. The second-order valence-corrected chi connectivity index (χ2v) is 6.93. The van der Waals surface area contributed by atoms with Gasteiger partial charge in [0.15, 0.2) is 11.0 Å². The van der Waals surface area contributed by atoms with Crippen molar-refractivity contribution in [3.05, 3.63) is 30.5 Å². The van der Waals surface area contributed by atoms with E-state index in [1.807, 2.05) is 18.3 Å². The van der Waals surface area contributed by atoms with Crippen molar-refractivity contribution in [2.45, 2.75) is 30.6 Å². The van der Waals surface area contributed by atoms with Gasteiger partial charge in [-0.2, -0.15) is 0 Å². The molecule has 0 bridgehead atoms. The van der Waals surface area contributed by atoms with Crippen LogP contribution in [0.25, 0.3) is 22.3 Å². The number of aromatic nitrogens is 4. The van der Waals surface area contributed by atoms with Crippen LogP contribution in [0, 0.1) is 0 Å². The minimum absolute atomic E-state index is 0.125. The van der Waals surface area contributed by atoms with E-state index in [0.29, 0.717) is 5.75 Å². The highest BCUT2D eigenvalue weighted by Gasteiger charge is 2.22. The number of nitrogens with one attached hydrogen (secondary N) is 1. The van der Waals surface area contributed by atoms with Crippen molar-refractivity contribution in [1.29, 1.82) is 0 Å². The molecule has 0 amide bonds. The Bertz CT molecular complexity index is 823. The molecule has 1 saturated heterocycles. The summed E-state index contributed by atoms with van der Waals surface area (Å²) in [6, 6.07) is 8.19. The number of benzene rings is 1. The number of H-pyrrole nitrogens is 1. The number of fused-ring (bicyclic) bond motifs is 1. The summed E-state index contributed by atoms with van der Waals surface area (Å²) in [5.41, 5.74) is 2.13. The van der Waals surface area contributed by atoms with Gasteiger partial charge in [0, 0.05) is 35.0 Å². The molecule has 7 heteroatoms. The molecular weight excluding hydrogens is 324 g/mol. The summed E-state index contributed by atoms with van der Waals surface area (Å²) in [7, 11) is 0. The molecule has 0 radical (unpaired) electrons. The van der Waals surface area contributed by atoms with Gasteiger partial charge in [-0.3, -0.25) is 4.57 Å². The van der Waals surface area contributed by atoms with E-state index in [-0.39, 0.29) is 12.7 Å². The average Bonchev–Trinajstić information content (AvgIpc) is 3.33. The predicted molar refractivity (Wildman–Crippen MR) is 94.1 cm³/mol. The van der Waals surface area contributed by atoms with E-state index in [0.717, 1.165) is 53.4 Å². The summed E-state index contributed by atoms with van der Waals surface area (Å²) in [4.78, 5) is 3.30. The van der Waals surface area contributed by atoms with Crippen molar-refractivity contribution in [3.63, 3.8) is 0 Å². The molecule has 1 fully saturated rings. The van der Waals surface area contributed by atoms with Crippen LogP contribution in [0.1, 0.15) is 12.8 Å². The smallest absolute Gasteiger partial charge is 0.191 e. The molecule has 3 heterocycles. The standard InChI is InChI=1S/C17H20N4O2S/c22-7-9-24-17-20-19-16(21(17)11-12-4-3-8-23-12)14-10-18-15-6-2-1-5-13(14)15/h1-2,5-6,10,12,18,22H,3-4,7-9,11H2/t12-/m0/s1. The van der Waals surface area contributed by atoms with Crippen LogP contribution in [0.15, 0.2) is 35.6 Å². The number of aliphatic hydroxyl groups excluding tert-OH is 1. The van der Waals surface area contributed by atoms with E-state index in [1.54, 1.807) is 0 Å². The minimum atomic E-state index is 0.125. The number of ether oxygens (including phenoxy) is 1. The van der Waals surface area contributed by atoms with Gasteiger partial charge < -0.3 is 14.8 Å². The predicted octanol–water partition coefficient (Wildman–Crippen LogP) is 2.69. The molecule has 0 unspecified atom stereocenters. The summed E-state index contributed by atoms with van der Waals surface area (Å²) in [6.45, 7) is 1.70. The van der Waals surface area contributed by atoms with Gasteiger partial charge in [0.2, 0.25) is 0 Å². The lowest BCUT2D eigenvalue weighted by Gasteiger charge is -2.14. The highest BCUT2D eigenvalue weighted by atomic mass is 32.2. The third kappa shape index (κ3) is 2.94. The summed E-state index contributed by atoms with van der Waals surface area (Å²) in [5, 5.41) is 19.9. The molecule has 1 aromatic carbocycles. The maximum atomic E-state index is 9.13. The molecule has 1 aliphatic heterocycles. The minimum Gasteiger partial charge on any atom is -0.396 e. The number of thioether (sulfide) groups is 1. The summed E-state index contributed by atoms with van der Waals surface area (Å²) in [6.07, 6.45) is 4.36. The van der Waals surface area contributed by atoms with E-state index in [1.165, 1.54) is 11.8 Å². The van der Waals surface area contributed by atoms with E-state index in [9.17, 15) is 0 Å². The molecule has 2 aromatic heterocycles. The fourth-order valence-electron chi connectivity index (χ4n) is 3.14. The number of aromatic amines is 1. The van der Waals surface area contributed by atoms with Crippen LogP contribution < -0.4 is 0 Å². The zero-order valence-corrected chi connectivity index (χ0v) is 14.1. The molecule has 0 aliphatic carbocycles. The summed E-state index contributed by atoms with van der Waals surface area (Å²) >= 11 is 1.53. The Morgan fingerprint density at radius 2 is 2.25 bits per heavy atom. The Morgan fingerprint density at radius 3 is 3.08 bits per heavy atom. The summed E-state index contributed by atoms with van der Waals surface area (Å²) in [5.74, 6) is 1.46. The van der Waals surface area contributed by atoms with E-state index < -0.39 is 0 Å². The van der Waals surface area contributed by atoms with Gasteiger partial charge in [-0.15, -0.1) is 10.2 Å². The van der Waals surface area contributed by atoms with Crippen molar-refractivity contribution in [3.8, 4) is 11.4 Å². The van der Waals surface area contributed by atoms with Crippen LogP contribution in [0.4, 0.5) is 0 Å². The molecule has 0 saturated carbocycles. The van der Waals surface area contributed by atoms with Crippen molar-refractivity contribution in [1.82, 2.24) is 19.7 Å². The quantitative estimate of drug-likeness (QED) is 0.673. The van der Waals surface area contributed by atoms with Crippen molar-refractivity contribution in [2.24, 2.45) is 0 Å². The Balaban J connectivity index is 1.74. The zero-order chi connectivity index (χ0) is 16.4. The van der Waals surface area contributed by atoms with Crippen LogP contribution in [-0.4, -0.2) is 49.9 Å². The number of aliphatic hydroxyl groups is 1. The molecular formula is C17H20N4O2S. The Labute approximate surface area is 144 Å². The first-order chi connectivity index (χ1) is 11.9. The van der Waals surface area contributed by atoms with E-state index >= 15 is 0 Å². The molecule has 4 rings (SSSR count). The monoisotopic (exact) mass is 344 g/mol. The fourth-order valence-corrected chi connectivity index (χ4v) is 3.83. The van der Waals surface area contributed by atoms with Gasteiger partial charge in [0.05, 0.1) is 19.3 Å². The van der Waals surface area contributed by atoms with Crippen molar-refractivity contribution >= 4 is 22.7 Å². The van der Waals surface area contributed by atoms with Gasteiger partial charge in [-0.25, -0.2) is 0 Å². The normalized spacial score (nSPS) is 17.8. The molecule has 1 atom stereocenters. The molecule has 6 nitrogen and oxygen atoms in total. The maximum Gasteiger partial charge on any atom is 0.191 e. The Kier molecular flexibility index (Phi) is 4.55. The molecule has 24 heavy (non-hydrogen) atoms. The van der Waals surface area contributed by atoms with Gasteiger partial charge >= 0.3 is 0 Å². The van der Waals surface area contributed by atoms with Gasteiger partial charge in [-0.1, -0.05) is 30.0 Å². The lowest BCUT2D eigenvalue weighted by Crippen LogP contribution is -2.16. The molecule has 1 aliphatic rings. The van der Waals surface area contributed by atoms with Gasteiger partial charge in [0.25, 0.3) is 0 Å². The average molecular weight is 344 g/mol. The Morgan fingerprint density at radius 1 is 1.33 bits per heavy atom. The molecule has 0 spiro atoms. The number of nitrogens with zero attached hydrogens (tertiary/aromatic N) is 3. The van der Waals surface area contributed by atoms with Crippen LogP contribution >= 0.6 is 11.8 Å². The second kappa shape index (κ2) is 6.96. The van der Waals surface area contributed by atoms with Crippen molar-refractivity contribution < 1.29 is 9.84 Å². The Hall–Kier alpha value is -1.83. The lowest BCUT2D eigenvalue weighted by atomic mass is 10.1. The van der Waals surface area contributed by atoms with Crippen LogP contribution in [-0.2, 0) is 11.3 Å². The highest BCUT2D eigenvalue weighted by molar-refractivity contribution is 7.99. The topological polar surface area (TPSA) is 76.0 Å². The van der Waals surface area contributed by atoms with Gasteiger partial charge in [0.1, 0.15) is 0 Å². The van der Waals surface area contributed by atoms with Crippen LogP contribution in [0.3, 0.4) is 0 Å². The fraction of sp³-hybridized carbons (Fsp3) is 0.412. The largest absolute Gasteiger partial charge is 0.396 e. The molecule has 126 valence electrons. The van der Waals surface area contributed by atoms with Crippen molar-refractivity contribution in [2.75, 3.05) is 19.0 Å². The third-order valence-corrected chi connectivity index (χ3v) is 5.23. The van der Waals surface area contributed by atoms with E-state index in [4.69, 9.17) is 9.84 Å². The second-order valence-electron chi connectivity index (χ2n) is 5.87. The number of rotatable bonds is 6. The molecule has 3 aromatic rings. The van der Waals surface area contributed by atoms with Crippen LogP contribution in [0.2, 0.25) is 0 Å². The van der Waals surface area contributed by atoms with Crippen LogP contribution in [0.5, 0.6) is 0 Å². The lowest BCUT2D eigenvalue weighted by molar-refractivity contribution is 0.0953. The number of hydrogen-bond acceptors (Lipinski definition) is 5. The van der Waals surface area contributed by atoms with Gasteiger partial charge in [-0.05, 0) is 18.9 Å². The highest BCUT2D eigenvalue weighted by Crippen LogP contribution is 2.31. The number of hydrogen-bond donors (Lipinski definition) is 2. The number of para-hydroxylation sites is 1.